The highest BCUT2D eigenvalue weighted by molar-refractivity contribution is 5.91. The quantitative estimate of drug-likeness (QED) is 0.741. The first-order valence-electron chi connectivity index (χ1n) is 9.99. The maximum Gasteiger partial charge on any atom is 0.329 e. The lowest BCUT2D eigenvalue weighted by Crippen LogP contribution is -2.35. The molecule has 29 heavy (non-hydrogen) atoms. The summed E-state index contributed by atoms with van der Waals surface area (Å²) in [4.78, 5) is 29.1. The topological polar surface area (TPSA) is 79.4 Å². The van der Waals surface area contributed by atoms with Gasteiger partial charge in [0.25, 0.3) is 5.56 Å². The highest BCUT2D eigenvalue weighted by Gasteiger charge is 2.34. The van der Waals surface area contributed by atoms with Crippen molar-refractivity contribution in [1.29, 1.82) is 0 Å². The van der Waals surface area contributed by atoms with Crippen LogP contribution in [-0.4, -0.2) is 42.3 Å². The van der Waals surface area contributed by atoms with Crippen LogP contribution in [0.15, 0.2) is 15.7 Å². The van der Waals surface area contributed by atoms with E-state index in [-0.39, 0.29) is 29.6 Å². The van der Waals surface area contributed by atoms with Gasteiger partial charge in [-0.25, -0.2) is 9.18 Å². The number of benzene rings is 1. The van der Waals surface area contributed by atoms with Gasteiger partial charge in [-0.1, -0.05) is 6.92 Å². The summed E-state index contributed by atoms with van der Waals surface area (Å²) in [7, 11) is 1.47. The molecule has 0 spiro atoms. The third kappa shape index (κ3) is 3.75. The molecule has 2 aromatic rings. The smallest absolute Gasteiger partial charge is 0.329 e. The van der Waals surface area contributed by atoms with Crippen molar-refractivity contribution in [1.82, 2.24) is 14.9 Å². The fourth-order valence-corrected chi connectivity index (χ4v) is 4.40. The molecule has 160 valence electrons. The predicted octanol–water partition coefficient (Wildman–Crippen LogP) is 2.42. The Balaban J connectivity index is 0.00000240. The second-order valence-corrected chi connectivity index (χ2v) is 7.84. The highest BCUT2D eigenvalue weighted by atomic mass is 35.5. The lowest BCUT2D eigenvalue weighted by atomic mass is 10.0. The van der Waals surface area contributed by atoms with E-state index in [1.54, 1.807) is 4.57 Å². The molecule has 2 fully saturated rings. The van der Waals surface area contributed by atoms with E-state index < -0.39 is 17.1 Å². The molecular weight excluding hydrogens is 399 g/mol. The average molecular weight is 427 g/mol. The van der Waals surface area contributed by atoms with Gasteiger partial charge >= 0.3 is 5.69 Å². The number of anilines is 1. The van der Waals surface area contributed by atoms with Crippen LogP contribution in [0.3, 0.4) is 0 Å². The van der Waals surface area contributed by atoms with E-state index >= 15 is 4.39 Å². The van der Waals surface area contributed by atoms with E-state index in [4.69, 9.17) is 4.74 Å². The van der Waals surface area contributed by atoms with Crippen molar-refractivity contribution < 1.29 is 9.13 Å². The van der Waals surface area contributed by atoms with E-state index in [0.29, 0.717) is 36.3 Å². The van der Waals surface area contributed by atoms with Crippen molar-refractivity contribution in [3.63, 3.8) is 0 Å². The third-order valence-corrected chi connectivity index (χ3v) is 6.00. The molecule has 2 heterocycles. The number of nitrogens with zero attached hydrogens (tertiary/aromatic N) is 2. The van der Waals surface area contributed by atoms with Gasteiger partial charge < -0.3 is 15.0 Å². The SMILES string of the molecule is CCNC(C)C1CCN(c2c(F)cc3c(=O)[nH]c(=O)n(C4CC4)c3c2OC)C1.Cl. The van der Waals surface area contributed by atoms with Crippen LogP contribution in [0.5, 0.6) is 5.75 Å². The zero-order valence-electron chi connectivity index (χ0n) is 17.0. The Labute approximate surface area is 174 Å². The zero-order chi connectivity index (χ0) is 20.0. The van der Waals surface area contributed by atoms with E-state index in [2.05, 4.69) is 24.1 Å². The summed E-state index contributed by atoms with van der Waals surface area (Å²) in [6, 6.07) is 1.60. The first kappa shape index (κ1) is 21.6. The van der Waals surface area contributed by atoms with E-state index in [1.807, 2.05) is 4.90 Å². The van der Waals surface area contributed by atoms with Crippen molar-refractivity contribution in [2.75, 3.05) is 31.6 Å². The maximum absolute atomic E-state index is 15.1. The van der Waals surface area contributed by atoms with Gasteiger partial charge in [-0.3, -0.25) is 14.3 Å². The van der Waals surface area contributed by atoms with Gasteiger partial charge in [0.2, 0.25) is 0 Å². The molecule has 1 aromatic carbocycles. The molecular formula is C20H28ClFN4O3. The molecule has 2 N–H and O–H groups in total. The summed E-state index contributed by atoms with van der Waals surface area (Å²) >= 11 is 0. The zero-order valence-corrected chi connectivity index (χ0v) is 17.8. The van der Waals surface area contributed by atoms with Crippen LogP contribution in [0.25, 0.3) is 10.9 Å². The number of methoxy groups -OCH3 is 1. The lowest BCUT2D eigenvalue weighted by molar-refractivity contribution is 0.405. The number of aromatic nitrogens is 2. The molecule has 1 saturated carbocycles. The fraction of sp³-hybridized carbons (Fsp3) is 0.600. The van der Waals surface area contributed by atoms with Crippen LogP contribution < -0.4 is 26.2 Å². The Bertz CT molecular complexity index is 1020. The van der Waals surface area contributed by atoms with Crippen molar-refractivity contribution in [3.8, 4) is 5.75 Å². The van der Waals surface area contributed by atoms with Crippen LogP contribution in [0, 0.1) is 11.7 Å². The van der Waals surface area contributed by atoms with Gasteiger partial charge in [-0.15, -0.1) is 12.4 Å². The molecule has 2 aliphatic rings. The summed E-state index contributed by atoms with van der Waals surface area (Å²) in [6.07, 6.45) is 2.67. The van der Waals surface area contributed by atoms with Gasteiger partial charge in [0, 0.05) is 25.2 Å². The van der Waals surface area contributed by atoms with Gasteiger partial charge in [0.1, 0.15) is 11.2 Å². The highest BCUT2D eigenvalue weighted by Crippen LogP contribution is 2.43. The Morgan fingerprint density at radius 1 is 1.34 bits per heavy atom. The lowest BCUT2D eigenvalue weighted by Gasteiger charge is -2.25. The maximum atomic E-state index is 15.1. The van der Waals surface area contributed by atoms with Gasteiger partial charge in [0.05, 0.1) is 12.5 Å². The van der Waals surface area contributed by atoms with Crippen molar-refractivity contribution in [3.05, 3.63) is 32.7 Å². The Morgan fingerprint density at radius 2 is 2.07 bits per heavy atom. The Kier molecular flexibility index (Phi) is 6.24. The van der Waals surface area contributed by atoms with Gasteiger partial charge in [-0.2, -0.15) is 0 Å². The van der Waals surface area contributed by atoms with Crippen LogP contribution in [-0.2, 0) is 0 Å². The second kappa shape index (κ2) is 8.36. The molecule has 1 aliphatic carbocycles. The van der Waals surface area contributed by atoms with E-state index in [1.165, 1.54) is 13.2 Å². The summed E-state index contributed by atoms with van der Waals surface area (Å²) in [5, 5.41) is 3.59. The van der Waals surface area contributed by atoms with Crippen LogP contribution in [0.2, 0.25) is 0 Å². The molecule has 1 aromatic heterocycles. The normalized spacial score (nSPS) is 20.0. The van der Waals surface area contributed by atoms with E-state index in [0.717, 1.165) is 25.8 Å². The van der Waals surface area contributed by atoms with Gasteiger partial charge in [-0.05, 0) is 44.7 Å². The fourth-order valence-electron chi connectivity index (χ4n) is 4.40. The number of hydrogen-bond donors (Lipinski definition) is 2. The van der Waals surface area contributed by atoms with Crippen LogP contribution in [0.4, 0.5) is 10.1 Å². The number of aromatic amines is 1. The first-order valence-corrected chi connectivity index (χ1v) is 9.99. The van der Waals surface area contributed by atoms with Gasteiger partial charge in [0.15, 0.2) is 11.6 Å². The van der Waals surface area contributed by atoms with E-state index in [9.17, 15) is 9.59 Å². The van der Waals surface area contributed by atoms with Crippen molar-refractivity contribution in [2.45, 2.75) is 45.2 Å². The molecule has 2 atom stereocenters. The average Bonchev–Trinajstić information content (AvgIpc) is 3.37. The number of halogens is 2. The summed E-state index contributed by atoms with van der Waals surface area (Å²) in [6.45, 7) is 6.52. The minimum Gasteiger partial charge on any atom is -0.492 e. The number of ether oxygens (including phenoxy) is 1. The minimum absolute atomic E-state index is 0. The monoisotopic (exact) mass is 426 g/mol. The largest absolute Gasteiger partial charge is 0.492 e. The molecule has 7 nitrogen and oxygen atoms in total. The second-order valence-electron chi connectivity index (χ2n) is 7.84. The molecule has 1 aliphatic heterocycles. The molecule has 9 heteroatoms. The van der Waals surface area contributed by atoms with Crippen molar-refractivity contribution >= 4 is 29.0 Å². The van der Waals surface area contributed by atoms with Crippen LogP contribution >= 0.6 is 12.4 Å². The predicted molar refractivity (Wildman–Crippen MR) is 114 cm³/mol. The number of fused-ring (bicyclic) bond motifs is 1. The third-order valence-electron chi connectivity index (χ3n) is 6.00. The minimum atomic E-state index is -0.583. The molecule has 0 radical (unpaired) electrons. The number of nitrogens with one attached hydrogen (secondary N) is 2. The summed E-state index contributed by atoms with van der Waals surface area (Å²) in [5.41, 5.74) is -0.296. The number of H-pyrrole nitrogens is 1. The standard InChI is InChI=1S/C20H27FN4O3.ClH/c1-4-22-11(2)12-7-8-24(10-12)17-15(21)9-14-16(18(17)28-3)25(13-5-6-13)20(27)23-19(14)26;/h9,11-13,22H,4-8,10H2,1-3H3,(H,23,26,27);1H. The molecule has 1 saturated heterocycles. The number of hydrogen-bond acceptors (Lipinski definition) is 5. The summed E-state index contributed by atoms with van der Waals surface area (Å²) < 4.78 is 22.3. The van der Waals surface area contributed by atoms with Crippen LogP contribution in [0.1, 0.15) is 39.2 Å². The first-order chi connectivity index (χ1) is 13.5. The molecule has 0 amide bonds. The molecule has 4 rings (SSSR count). The molecule has 2 unspecified atom stereocenters. The Hall–Kier alpha value is -2.06. The summed E-state index contributed by atoms with van der Waals surface area (Å²) in [5.74, 6) is 0.180. The Morgan fingerprint density at radius 3 is 2.69 bits per heavy atom. The van der Waals surface area contributed by atoms with Crippen molar-refractivity contribution in [2.24, 2.45) is 5.92 Å². The number of rotatable bonds is 6. The molecule has 0 bridgehead atoms.